The number of carbonyl (C=O) groups excluding carboxylic acids is 1. The minimum atomic E-state index is -1.45. The molecule has 0 fully saturated rings. The molecule has 1 aromatic heterocycles. The van der Waals surface area contributed by atoms with Gasteiger partial charge < -0.3 is 5.48 Å². The van der Waals surface area contributed by atoms with Crippen LogP contribution in [0, 0.1) is 0 Å². The van der Waals surface area contributed by atoms with Gasteiger partial charge in [0.05, 0.1) is 0 Å². The molecule has 59 valence electrons. The Labute approximate surface area is 104 Å². The van der Waals surface area contributed by atoms with E-state index >= 15 is 0 Å². The molecule has 3 nitrogen and oxygen atoms in total. The zero-order valence-corrected chi connectivity index (χ0v) is 18.6. The maximum Gasteiger partial charge on any atom is -0.412 e. The fraction of sp³-hybridized carbons (Fsp3) is 0.167. The van der Waals surface area contributed by atoms with Crippen LogP contribution in [0.25, 0.3) is 0 Å². The van der Waals surface area contributed by atoms with E-state index in [1.54, 1.807) is 0 Å². The van der Waals surface area contributed by atoms with Gasteiger partial charge >= 0.3 is 99.7 Å². The summed E-state index contributed by atoms with van der Waals surface area (Å²) in [6.07, 6.45) is 0. The molecule has 6 heteroatoms. The van der Waals surface area contributed by atoms with Gasteiger partial charge in [-0.2, -0.15) is 0 Å². The van der Waals surface area contributed by atoms with Crippen LogP contribution in [-0.2, 0) is 58.6 Å². The quantitative estimate of drug-likeness (QED) is 0.449. The summed E-state index contributed by atoms with van der Waals surface area (Å²) in [5.41, 5.74) is 0. The van der Waals surface area contributed by atoms with Gasteiger partial charge in [0.25, 0.3) is 0 Å². The van der Waals surface area contributed by atoms with E-state index in [0.29, 0.717) is 0 Å². The molecule has 0 aromatic carbocycles. The third-order valence-corrected chi connectivity index (χ3v) is 11.4. The minimum absolute atomic E-state index is 0. The van der Waals surface area contributed by atoms with Crippen molar-refractivity contribution >= 4 is 22.1 Å². The Morgan fingerprint density at radius 1 is 1.67 bits per heavy atom. The largest absolute Gasteiger partial charge is 0.412 e. The van der Waals surface area contributed by atoms with Crippen molar-refractivity contribution in [1.29, 1.82) is 0 Å². The first kappa shape index (κ1) is 13.0. The first-order valence-corrected chi connectivity index (χ1v) is 11.8. The van der Waals surface area contributed by atoms with Crippen LogP contribution in [0.15, 0.2) is 12.1 Å². The molecule has 0 radical (unpaired) electrons. The third-order valence-electron chi connectivity index (χ3n) is 1.13. The molecule has 1 heterocycles. The van der Waals surface area contributed by atoms with Gasteiger partial charge in [-0.1, -0.05) is 0 Å². The van der Waals surface area contributed by atoms with Crippen molar-refractivity contribution in [2.75, 3.05) is 0 Å². The summed E-state index contributed by atoms with van der Waals surface area (Å²) in [6, 6.07) is 4.28. The molecule has 0 atom stereocenters. The van der Waals surface area contributed by atoms with Crippen LogP contribution in [-0.4, -0.2) is 11.4 Å². The second kappa shape index (κ2) is 6.45. The van der Waals surface area contributed by atoms with E-state index < -0.39 is 25.0 Å². The second-order valence-electron chi connectivity index (χ2n) is 2.15. The van der Waals surface area contributed by atoms with Crippen molar-refractivity contribution in [3.05, 3.63) is 12.1 Å². The van der Waals surface area contributed by atoms with Crippen molar-refractivity contribution in [3.63, 3.8) is 0 Å². The van der Waals surface area contributed by atoms with Crippen LogP contribution in [0.4, 0.5) is 0 Å². The zero-order valence-electron chi connectivity index (χ0n) is 6.79. The molecule has 1 rings (SSSR count). The molecule has 0 saturated carbocycles. The Kier molecular flexibility index (Phi) is 6.99. The molecule has 1 aromatic rings. The average molecular weight is 560 g/mol. The van der Waals surface area contributed by atoms with Crippen LogP contribution in [0.5, 0.6) is 0 Å². The zero-order chi connectivity index (χ0) is 8.27. The molecule has 0 spiro atoms. The van der Waals surface area contributed by atoms with Gasteiger partial charge in [0.2, 0.25) is 0 Å². The Morgan fingerprint density at radius 3 is 2.75 bits per heavy atom. The Morgan fingerprint density at radius 2 is 2.33 bits per heavy atom. The van der Waals surface area contributed by atoms with E-state index in [1.165, 1.54) is 11.7 Å². The van der Waals surface area contributed by atoms with Gasteiger partial charge in [0.1, 0.15) is 0 Å². The van der Waals surface area contributed by atoms with Crippen molar-refractivity contribution in [1.82, 2.24) is 0 Å². The van der Waals surface area contributed by atoms with Gasteiger partial charge in [-0.25, -0.2) is 0 Å². The standard InChI is InChI=1S/C4H2S.C2H4O2.2Hg.H2O/c1-2-4-5-3-1;1-2(3)4;;;/h1-2H;1H3,(H,3,4);;;1H2/q;;;+1;/p-1. The van der Waals surface area contributed by atoms with Crippen molar-refractivity contribution in [2.45, 2.75) is 6.92 Å². The van der Waals surface area contributed by atoms with Crippen LogP contribution >= 0.6 is 11.3 Å². The van der Waals surface area contributed by atoms with E-state index in [2.05, 4.69) is 12.1 Å². The molecule has 0 bridgehead atoms. The predicted molar refractivity (Wildman–Crippen MR) is 39.0 cm³/mol. The minimum Gasteiger partial charge on any atom is -0.412 e. The number of hydrogen-bond donors (Lipinski definition) is 0. The number of thiophene rings is 1. The van der Waals surface area contributed by atoms with Gasteiger partial charge in [-0.3, -0.25) is 0 Å². The summed E-state index contributed by atoms with van der Waals surface area (Å²) in [6.45, 7) is 1.48. The topological polar surface area (TPSA) is 57.8 Å². The van der Waals surface area contributed by atoms with Crippen LogP contribution in [0.3, 0.4) is 0 Å². The molecular weight excluding hydrogens is 553 g/mol. The first-order chi connectivity index (χ1) is 5.18. The monoisotopic (exact) mass is 563 g/mol. The Bertz CT molecular complexity index is 261. The van der Waals surface area contributed by atoms with Crippen LogP contribution in [0.2, 0.25) is 0 Å². The Hall–Kier alpha value is 1.00. The summed E-state index contributed by atoms with van der Waals surface area (Å²) in [7, 11) is 0. The van der Waals surface area contributed by atoms with E-state index in [-0.39, 0.29) is 11.4 Å². The predicted octanol–water partition coefficient (Wildman–Crippen LogP) is -0.719. The van der Waals surface area contributed by atoms with Gasteiger partial charge in [0.15, 0.2) is 0 Å². The molecule has 0 aliphatic rings. The SMILES string of the molecule is CC(=O)[O][Hg][c]1cc[c]([Hg])s1.O. The molecule has 0 amide bonds. The van der Waals surface area contributed by atoms with Gasteiger partial charge in [0, 0.05) is 0 Å². The normalized spacial score (nSPS) is 8.25. The van der Waals surface area contributed by atoms with Crippen molar-refractivity contribution < 1.29 is 64.1 Å². The summed E-state index contributed by atoms with van der Waals surface area (Å²) in [5.74, 6) is -0.111. The first-order valence-electron chi connectivity index (χ1n) is 3.22. The molecule has 0 unspecified atom stereocenters. The van der Waals surface area contributed by atoms with Crippen molar-refractivity contribution in [2.24, 2.45) is 0 Å². The van der Waals surface area contributed by atoms with E-state index in [0.717, 1.165) is 26.1 Å². The van der Waals surface area contributed by atoms with Gasteiger partial charge in [-0.05, 0) is 0 Å². The van der Waals surface area contributed by atoms with Gasteiger partial charge in [-0.15, -0.1) is 0 Å². The molecule has 2 N–H and O–H groups in total. The van der Waals surface area contributed by atoms with E-state index in [9.17, 15) is 4.79 Å². The van der Waals surface area contributed by atoms with Crippen LogP contribution < -0.4 is 4.77 Å². The molecular formula is C6H7Hg2O3S. The number of carbonyl (C=O) groups is 1. The summed E-state index contributed by atoms with van der Waals surface area (Å²) in [4.78, 5) is 10.5. The molecule has 0 aliphatic heterocycles. The summed E-state index contributed by atoms with van der Waals surface area (Å²) in [5, 5.41) is 0. The fourth-order valence-electron chi connectivity index (χ4n) is 0.673. The maximum atomic E-state index is 10.5. The third kappa shape index (κ3) is 4.89. The van der Waals surface area contributed by atoms with E-state index in [4.69, 9.17) is 2.64 Å². The molecule has 0 saturated heterocycles. The van der Waals surface area contributed by atoms with Crippen molar-refractivity contribution in [3.8, 4) is 0 Å². The average Bonchev–Trinajstić information content (AvgIpc) is 2.31. The fourth-order valence-corrected chi connectivity index (χ4v) is 18.8. The number of rotatable bonds is 2. The molecule has 0 aliphatic carbocycles. The Balaban J connectivity index is 0.00000121. The van der Waals surface area contributed by atoms with E-state index in [1.807, 2.05) is 11.3 Å². The molecule has 12 heavy (non-hydrogen) atoms. The smallest absolute Gasteiger partial charge is 0.412 e. The maximum absolute atomic E-state index is 10.5. The summed E-state index contributed by atoms with van der Waals surface area (Å²) < 4.78 is 7.92. The van der Waals surface area contributed by atoms with Crippen LogP contribution in [0.1, 0.15) is 6.92 Å². The number of hydrogen-bond acceptors (Lipinski definition) is 3. The second-order valence-corrected chi connectivity index (χ2v) is 15.6. The summed E-state index contributed by atoms with van der Waals surface area (Å²) >= 11 is 1.12.